The summed E-state index contributed by atoms with van der Waals surface area (Å²) < 4.78 is 23.3. The first kappa shape index (κ1) is 19.1. The Morgan fingerprint density at radius 3 is 2.35 bits per heavy atom. The van der Waals surface area contributed by atoms with Gasteiger partial charge in [-0.2, -0.15) is 0 Å². The summed E-state index contributed by atoms with van der Waals surface area (Å²) >= 11 is 0. The number of alkyl halides is 1. The van der Waals surface area contributed by atoms with Crippen LogP contribution < -0.4 is 0 Å². The number of rotatable bonds is 5. The summed E-state index contributed by atoms with van der Waals surface area (Å²) in [5.41, 5.74) is -0.792. The molecule has 1 aliphatic heterocycles. The first-order valence-electron chi connectivity index (χ1n) is 7.41. The Morgan fingerprint density at radius 2 is 1.83 bits per heavy atom. The number of hydrogen-bond donors (Lipinski definition) is 0. The molecule has 8 heteroatoms. The minimum Gasteiger partial charge on any atom is -0.460 e. The standard InChI is InChI=1S/C15H22FNO6/c1-5-22-13(20)12(19)7-11(18)10-6-9(16)8-17(10)14(21)23-15(2,3)4/h9-10H,5-8H2,1-4H3/t9-,10-/m0/s1. The van der Waals surface area contributed by atoms with Gasteiger partial charge >= 0.3 is 12.1 Å². The summed E-state index contributed by atoms with van der Waals surface area (Å²) in [5.74, 6) is -2.82. The van der Waals surface area contributed by atoms with Gasteiger partial charge in [0.05, 0.1) is 25.6 Å². The van der Waals surface area contributed by atoms with Crippen molar-refractivity contribution in [3.63, 3.8) is 0 Å². The lowest BCUT2D eigenvalue weighted by Crippen LogP contribution is -2.44. The van der Waals surface area contributed by atoms with Crippen molar-refractivity contribution in [2.45, 2.75) is 58.4 Å². The van der Waals surface area contributed by atoms with E-state index in [4.69, 9.17) is 4.74 Å². The van der Waals surface area contributed by atoms with Gasteiger partial charge in [-0.3, -0.25) is 14.5 Å². The van der Waals surface area contributed by atoms with Crippen molar-refractivity contribution in [1.82, 2.24) is 4.90 Å². The molecule has 130 valence electrons. The van der Waals surface area contributed by atoms with E-state index in [0.717, 1.165) is 4.90 Å². The van der Waals surface area contributed by atoms with E-state index < -0.39 is 47.9 Å². The van der Waals surface area contributed by atoms with Gasteiger partial charge in [-0.25, -0.2) is 14.0 Å². The van der Waals surface area contributed by atoms with Gasteiger partial charge in [-0.05, 0) is 27.7 Å². The van der Waals surface area contributed by atoms with Crippen LogP contribution in [-0.2, 0) is 23.9 Å². The molecule has 7 nitrogen and oxygen atoms in total. The Balaban J connectivity index is 2.75. The molecule has 2 atom stereocenters. The molecule has 0 spiro atoms. The molecule has 1 saturated heterocycles. The number of amides is 1. The van der Waals surface area contributed by atoms with E-state index in [0.29, 0.717) is 0 Å². The van der Waals surface area contributed by atoms with E-state index in [2.05, 4.69) is 4.74 Å². The molecule has 1 rings (SSSR count). The maximum Gasteiger partial charge on any atom is 0.411 e. The van der Waals surface area contributed by atoms with Gasteiger partial charge < -0.3 is 9.47 Å². The first-order chi connectivity index (χ1) is 10.5. The number of carbonyl (C=O) groups excluding carboxylic acids is 4. The Labute approximate surface area is 134 Å². The molecule has 0 saturated carbocycles. The minimum absolute atomic E-state index is 0.0127. The van der Waals surface area contributed by atoms with Crippen LogP contribution in [0.15, 0.2) is 0 Å². The second-order valence-electron chi connectivity index (χ2n) is 6.27. The van der Waals surface area contributed by atoms with Crippen molar-refractivity contribution in [3.8, 4) is 0 Å². The van der Waals surface area contributed by atoms with E-state index in [1.165, 1.54) is 6.92 Å². The molecule has 23 heavy (non-hydrogen) atoms. The summed E-state index contributed by atoms with van der Waals surface area (Å²) in [5, 5.41) is 0. The monoisotopic (exact) mass is 331 g/mol. The van der Waals surface area contributed by atoms with Crippen LogP contribution in [0.1, 0.15) is 40.5 Å². The summed E-state index contributed by atoms with van der Waals surface area (Å²) in [4.78, 5) is 48.0. The van der Waals surface area contributed by atoms with Crippen LogP contribution in [0.4, 0.5) is 9.18 Å². The van der Waals surface area contributed by atoms with Crippen molar-refractivity contribution in [2.24, 2.45) is 0 Å². The fraction of sp³-hybridized carbons (Fsp3) is 0.733. The Kier molecular flexibility index (Phi) is 6.23. The molecular weight excluding hydrogens is 309 g/mol. The normalized spacial score (nSPS) is 21.0. The zero-order valence-electron chi connectivity index (χ0n) is 13.8. The van der Waals surface area contributed by atoms with Gasteiger partial charge in [-0.1, -0.05) is 0 Å². The van der Waals surface area contributed by atoms with E-state index >= 15 is 0 Å². The van der Waals surface area contributed by atoms with E-state index in [1.54, 1.807) is 20.8 Å². The van der Waals surface area contributed by atoms with Crippen LogP contribution in [0, 0.1) is 0 Å². The Hall–Kier alpha value is -1.99. The minimum atomic E-state index is -1.38. The highest BCUT2D eigenvalue weighted by Crippen LogP contribution is 2.24. The maximum absolute atomic E-state index is 13.6. The predicted molar refractivity (Wildman–Crippen MR) is 77.5 cm³/mol. The van der Waals surface area contributed by atoms with Crippen molar-refractivity contribution in [2.75, 3.05) is 13.2 Å². The highest BCUT2D eigenvalue weighted by molar-refractivity contribution is 6.37. The van der Waals surface area contributed by atoms with Crippen LogP contribution in [-0.4, -0.2) is 59.5 Å². The fourth-order valence-corrected chi connectivity index (χ4v) is 2.17. The number of Topliss-reactive ketones (excluding diaryl/α,β-unsaturated/α-hetero) is 2. The van der Waals surface area contributed by atoms with Crippen molar-refractivity contribution in [3.05, 3.63) is 0 Å². The topological polar surface area (TPSA) is 90.0 Å². The molecule has 1 aliphatic rings. The fourth-order valence-electron chi connectivity index (χ4n) is 2.17. The van der Waals surface area contributed by atoms with Crippen LogP contribution in [0.3, 0.4) is 0 Å². The number of esters is 1. The first-order valence-corrected chi connectivity index (χ1v) is 7.41. The highest BCUT2D eigenvalue weighted by atomic mass is 19.1. The number of ketones is 2. The van der Waals surface area contributed by atoms with Gasteiger partial charge in [0.25, 0.3) is 0 Å². The van der Waals surface area contributed by atoms with Gasteiger partial charge in [0.15, 0.2) is 5.78 Å². The van der Waals surface area contributed by atoms with Gasteiger partial charge in [0.2, 0.25) is 5.78 Å². The number of likely N-dealkylation sites (tertiary alicyclic amines) is 1. The van der Waals surface area contributed by atoms with E-state index in [9.17, 15) is 23.6 Å². The van der Waals surface area contributed by atoms with Crippen LogP contribution >= 0.6 is 0 Å². The van der Waals surface area contributed by atoms with Crippen molar-refractivity contribution in [1.29, 1.82) is 0 Å². The number of ether oxygens (including phenoxy) is 2. The van der Waals surface area contributed by atoms with E-state index in [1.807, 2.05) is 0 Å². The predicted octanol–water partition coefficient (Wildman–Crippen LogP) is 1.43. The smallest absolute Gasteiger partial charge is 0.411 e. The van der Waals surface area contributed by atoms with E-state index in [-0.39, 0.29) is 19.6 Å². The summed E-state index contributed by atoms with van der Waals surface area (Å²) in [6, 6.07) is -1.11. The van der Waals surface area contributed by atoms with Crippen LogP contribution in [0.25, 0.3) is 0 Å². The summed E-state index contributed by atoms with van der Waals surface area (Å²) in [7, 11) is 0. The summed E-state index contributed by atoms with van der Waals surface area (Å²) in [6.07, 6.45) is -3.14. The molecule has 0 aliphatic carbocycles. The third-order valence-corrected chi connectivity index (χ3v) is 3.09. The molecule has 0 radical (unpaired) electrons. The number of halogens is 1. The largest absolute Gasteiger partial charge is 0.460 e. The second kappa shape index (κ2) is 7.52. The van der Waals surface area contributed by atoms with Gasteiger partial charge in [-0.15, -0.1) is 0 Å². The third kappa shape index (κ3) is 5.61. The lowest BCUT2D eigenvalue weighted by molar-refractivity contribution is -0.154. The molecule has 1 fully saturated rings. The van der Waals surface area contributed by atoms with Crippen molar-refractivity contribution >= 4 is 23.6 Å². The SMILES string of the molecule is CCOC(=O)C(=O)CC(=O)[C@@H]1C[C@H](F)CN1C(=O)OC(C)(C)C. The number of hydrogen-bond acceptors (Lipinski definition) is 6. The average Bonchev–Trinajstić information content (AvgIpc) is 2.79. The molecule has 0 aromatic rings. The quantitative estimate of drug-likeness (QED) is 0.430. The van der Waals surface area contributed by atoms with Crippen LogP contribution in [0.2, 0.25) is 0 Å². The molecule has 1 heterocycles. The zero-order chi connectivity index (χ0) is 17.8. The Bertz CT molecular complexity index is 499. The van der Waals surface area contributed by atoms with Crippen LogP contribution in [0.5, 0.6) is 0 Å². The third-order valence-electron chi connectivity index (χ3n) is 3.09. The highest BCUT2D eigenvalue weighted by Gasteiger charge is 2.42. The van der Waals surface area contributed by atoms with Crippen molar-refractivity contribution < 1.29 is 33.0 Å². The molecule has 0 aromatic heterocycles. The van der Waals surface area contributed by atoms with Gasteiger partial charge in [0, 0.05) is 6.42 Å². The lowest BCUT2D eigenvalue weighted by atomic mass is 10.0. The molecule has 0 bridgehead atoms. The number of nitrogens with zero attached hydrogens (tertiary/aromatic N) is 1. The molecule has 1 amide bonds. The molecule has 0 N–H and O–H groups in total. The zero-order valence-corrected chi connectivity index (χ0v) is 13.8. The lowest BCUT2D eigenvalue weighted by Gasteiger charge is -2.27. The Morgan fingerprint density at radius 1 is 1.22 bits per heavy atom. The number of carbonyl (C=O) groups is 4. The maximum atomic E-state index is 13.6. The molecular formula is C15H22FNO6. The summed E-state index contributed by atoms with van der Waals surface area (Å²) in [6.45, 7) is 6.21. The molecule has 0 aromatic carbocycles. The van der Waals surface area contributed by atoms with Gasteiger partial charge in [0.1, 0.15) is 11.8 Å². The molecule has 0 unspecified atom stereocenters. The average molecular weight is 331 g/mol. The second-order valence-corrected chi connectivity index (χ2v) is 6.27.